The van der Waals surface area contributed by atoms with E-state index in [-0.39, 0.29) is 24.8 Å². The van der Waals surface area contributed by atoms with Gasteiger partial charge in [0.2, 0.25) is 11.8 Å². The van der Waals surface area contributed by atoms with E-state index in [1.165, 1.54) is 6.92 Å². The first kappa shape index (κ1) is 23.7. The zero-order chi connectivity index (χ0) is 21.3. The molecular formula is C20H32N4O4. The van der Waals surface area contributed by atoms with Crippen molar-refractivity contribution < 1.29 is 19.5 Å². The summed E-state index contributed by atoms with van der Waals surface area (Å²) in [5, 5.41) is 15.1. The zero-order valence-electron chi connectivity index (χ0n) is 16.7. The van der Waals surface area contributed by atoms with E-state index in [9.17, 15) is 19.5 Å². The molecule has 28 heavy (non-hydrogen) atoms. The first-order valence-corrected chi connectivity index (χ1v) is 9.47. The van der Waals surface area contributed by atoms with Gasteiger partial charge in [-0.25, -0.2) is 0 Å². The molecule has 0 bridgehead atoms. The Balaban J connectivity index is 2.82. The lowest BCUT2D eigenvalue weighted by molar-refractivity contribution is -0.135. The van der Waals surface area contributed by atoms with Gasteiger partial charge in [0.05, 0.1) is 18.1 Å². The third-order valence-electron chi connectivity index (χ3n) is 4.51. The van der Waals surface area contributed by atoms with Gasteiger partial charge in [0.25, 0.3) is 0 Å². The van der Waals surface area contributed by atoms with E-state index < -0.39 is 35.9 Å². The number of hydrogen-bond donors (Lipinski definition) is 5. The number of carbonyl (C=O) groups excluding carboxylic acids is 3. The normalized spacial score (nSPS) is 15.4. The minimum atomic E-state index is -1.22. The van der Waals surface area contributed by atoms with Crippen LogP contribution in [0.4, 0.5) is 0 Å². The lowest BCUT2D eigenvalue weighted by atomic mass is 9.97. The fourth-order valence-electron chi connectivity index (χ4n) is 2.77. The summed E-state index contributed by atoms with van der Waals surface area (Å²) >= 11 is 0. The van der Waals surface area contributed by atoms with Crippen molar-refractivity contribution in [3.63, 3.8) is 0 Å². The molecule has 0 heterocycles. The average molecular weight is 393 g/mol. The van der Waals surface area contributed by atoms with Gasteiger partial charge in [-0.05, 0) is 18.9 Å². The van der Waals surface area contributed by atoms with Gasteiger partial charge >= 0.3 is 0 Å². The maximum absolute atomic E-state index is 12.6. The SMILES string of the molecule is CC(C)C(=O)[C@H](CN)NC(=O)[C@@H](NC(=O)C(CN)Cc1ccccc1)C(C)O. The van der Waals surface area contributed by atoms with Crippen LogP contribution in [-0.4, -0.2) is 54.0 Å². The Labute approximate surface area is 166 Å². The predicted molar refractivity (Wildman–Crippen MR) is 107 cm³/mol. The Kier molecular flexibility index (Phi) is 9.78. The first-order chi connectivity index (χ1) is 13.2. The quantitative estimate of drug-likeness (QED) is 0.338. The number of nitrogens with one attached hydrogen (secondary N) is 2. The van der Waals surface area contributed by atoms with Crippen molar-refractivity contribution in [1.29, 1.82) is 0 Å². The lowest BCUT2D eigenvalue weighted by Gasteiger charge is -2.26. The molecule has 0 radical (unpaired) electrons. The number of benzene rings is 1. The second-order valence-electron chi connectivity index (χ2n) is 7.20. The summed E-state index contributed by atoms with van der Waals surface area (Å²) in [6.45, 7) is 4.83. The van der Waals surface area contributed by atoms with Crippen LogP contribution in [0.25, 0.3) is 0 Å². The van der Waals surface area contributed by atoms with Crippen LogP contribution in [-0.2, 0) is 20.8 Å². The molecule has 1 aromatic rings. The summed E-state index contributed by atoms with van der Waals surface area (Å²) in [6.07, 6.45) is -0.749. The van der Waals surface area contributed by atoms with Gasteiger partial charge in [0, 0.05) is 19.0 Å². The van der Waals surface area contributed by atoms with Gasteiger partial charge < -0.3 is 27.2 Å². The fraction of sp³-hybridized carbons (Fsp3) is 0.550. The topological polar surface area (TPSA) is 148 Å². The molecule has 1 rings (SSSR count). The number of rotatable bonds is 11. The Hall–Kier alpha value is -2.29. The average Bonchev–Trinajstić information content (AvgIpc) is 2.67. The summed E-state index contributed by atoms with van der Waals surface area (Å²) < 4.78 is 0. The molecule has 0 aliphatic heterocycles. The monoisotopic (exact) mass is 392 g/mol. The predicted octanol–water partition coefficient (Wildman–Crippen LogP) is -0.662. The van der Waals surface area contributed by atoms with Crippen LogP contribution < -0.4 is 22.1 Å². The number of ketones is 1. The summed E-state index contributed by atoms with van der Waals surface area (Å²) in [5.41, 5.74) is 12.3. The third kappa shape index (κ3) is 7.03. The molecule has 2 amide bonds. The minimum Gasteiger partial charge on any atom is -0.391 e. The molecule has 8 heteroatoms. The van der Waals surface area contributed by atoms with E-state index in [1.54, 1.807) is 13.8 Å². The van der Waals surface area contributed by atoms with Gasteiger partial charge in [-0.1, -0.05) is 44.2 Å². The number of aliphatic hydroxyl groups is 1. The van der Waals surface area contributed by atoms with Gasteiger partial charge in [0.15, 0.2) is 5.78 Å². The number of nitrogens with two attached hydrogens (primary N) is 2. The molecular weight excluding hydrogens is 360 g/mol. The van der Waals surface area contributed by atoms with Crippen molar-refractivity contribution >= 4 is 17.6 Å². The number of hydrogen-bond acceptors (Lipinski definition) is 6. The Bertz CT molecular complexity index is 649. The van der Waals surface area contributed by atoms with Crippen LogP contribution in [0.1, 0.15) is 26.3 Å². The highest BCUT2D eigenvalue weighted by molar-refractivity contribution is 5.94. The molecule has 0 aliphatic carbocycles. The van der Waals surface area contributed by atoms with E-state index in [2.05, 4.69) is 10.6 Å². The number of carbonyl (C=O) groups is 3. The van der Waals surface area contributed by atoms with Crippen LogP contribution in [0, 0.1) is 11.8 Å². The molecule has 8 nitrogen and oxygen atoms in total. The highest BCUT2D eigenvalue weighted by Crippen LogP contribution is 2.09. The second-order valence-corrected chi connectivity index (χ2v) is 7.20. The van der Waals surface area contributed by atoms with Crippen molar-refractivity contribution in [2.45, 2.75) is 45.4 Å². The number of Topliss-reactive ketones (excluding diaryl/α,β-unsaturated/α-hetero) is 1. The summed E-state index contributed by atoms with van der Waals surface area (Å²) in [5.74, 6) is -2.18. The smallest absolute Gasteiger partial charge is 0.245 e. The fourth-order valence-corrected chi connectivity index (χ4v) is 2.77. The molecule has 0 fully saturated rings. The minimum absolute atomic E-state index is 0.0668. The molecule has 0 spiro atoms. The van der Waals surface area contributed by atoms with Gasteiger partial charge in [-0.2, -0.15) is 0 Å². The molecule has 0 aliphatic rings. The van der Waals surface area contributed by atoms with E-state index in [0.717, 1.165) is 5.56 Å². The zero-order valence-corrected chi connectivity index (χ0v) is 16.7. The molecule has 7 N–H and O–H groups in total. The number of aliphatic hydroxyl groups excluding tert-OH is 1. The van der Waals surface area contributed by atoms with Crippen LogP contribution in [0.3, 0.4) is 0 Å². The molecule has 0 aromatic heterocycles. The van der Waals surface area contributed by atoms with Crippen LogP contribution in [0.15, 0.2) is 30.3 Å². The Morgan fingerprint density at radius 3 is 2.04 bits per heavy atom. The molecule has 0 saturated heterocycles. The van der Waals surface area contributed by atoms with Crippen molar-refractivity contribution in [3.05, 3.63) is 35.9 Å². The van der Waals surface area contributed by atoms with Gasteiger partial charge in [0.1, 0.15) is 6.04 Å². The Morgan fingerprint density at radius 2 is 1.57 bits per heavy atom. The van der Waals surface area contributed by atoms with E-state index in [4.69, 9.17) is 11.5 Å². The first-order valence-electron chi connectivity index (χ1n) is 9.47. The highest BCUT2D eigenvalue weighted by Gasteiger charge is 2.31. The van der Waals surface area contributed by atoms with Crippen molar-refractivity contribution in [3.8, 4) is 0 Å². The maximum Gasteiger partial charge on any atom is 0.245 e. The molecule has 1 aromatic carbocycles. The van der Waals surface area contributed by atoms with Crippen molar-refractivity contribution in [2.24, 2.45) is 23.3 Å². The molecule has 2 unspecified atom stereocenters. The van der Waals surface area contributed by atoms with Gasteiger partial charge in [-0.15, -0.1) is 0 Å². The second kappa shape index (κ2) is 11.5. The Morgan fingerprint density at radius 1 is 0.964 bits per heavy atom. The van der Waals surface area contributed by atoms with E-state index in [0.29, 0.717) is 6.42 Å². The standard InChI is InChI=1S/C20H32N4O4/c1-12(2)18(26)16(11-22)23-20(28)17(13(3)25)24-19(27)15(10-21)9-14-7-5-4-6-8-14/h4-8,12-13,15-17,25H,9-11,21-22H2,1-3H3,(H,23,28)(H,24,27)/t13?,15?,16-,17-/m0/s1. The summed E-state index contributed by atoms with van der Waals surface area (Å²) in [7, 11) is 0. The summed E-state index contributed by atoms with van der Waals surface area (Å²) in [6, 6.07) is 7.29. The maximum atomic E-state index is 12.6. The van der Waals surface area contributed by atoms with E-state index >= 15 is 0 Å². The van der Waals surface area contributed by atoms with E-state index in [1.807, 2.05) is 30.3 Å². The van der Waals surface area contributed by atoms with Gasteiger partial charge in [-0.3, -0.25) is 14.4 Å². The van der Waals surface area contributed by atoms with Crippen molar-refractivity contribution in [1.82, 2.24) is 10.6 Å². The lowest BCUT2D eigenvalue weighted by Crippen LogP contribution is -2.58. The third-order valence-corrected chi connectivity index (χ3v) is 4.51. The largest absolute Gasteiger partial charge is 0.391 e. The highest BCUT2D eigenvalue weighted by atomic mass is 16.3. The molecule has 156 valence electrons. The van der Waals surface area contributed by atoms with Crippen LogP contribution >= 0.6 is 0 Å². The molecule has 0 saturated carbocycles. The summed E-state index contributed by atoms with van der Waals surface area (Å²) in [4.78, 5) is 37.3. The van der Waals surface area contributed by atoms with Crippen LogP contribution in [0.5, 0.6) is 0 Å². The van der Waals surface area contributed by atoms with Crippen molar-refractivity contribution in [2.75, 3.05) is 13.1 Å². The number of amides is 2. The molecule has 4 atom stereocenters. The van der Waals surface area contributed by atoms with Crippen LogP contribution in [0.2, 0.25) is 0 Å².